The van der Waals surface area contributed by atoms with Crippen molar-refractivity contribution in [2.24, 2.45) is 0 Å². The summed E-state index contributed by atoms with van der Waals surface area (Å²) in [5.41, 5.74) is 0. The van der Waals surface area contributed by atoms with Gasteiger partial charge in [-0.05, 0) is 36.6 Å². The summed E-state index contributed by atoms with van der Waals surface area (Å²) in [6, 6.07) is 8.92. The molecule has 1 aromatic carbocycles. The minimum atomic E-state index is -0.750. The lowest BCUT2D eigenvalue weighted by atomic mass is 10.3. The quantitative estimate of drug-likeness (QED) is 0.378. The molecule has 2 heterocycles. The largest absolute Gasteiger partial charge is 0.479 e. The molecule has 1 atom stereocenters. The van der Waals surface area contributed by atoms with Gasteiger partial charge in [-0.2, -0.15) is 0 Å². The molecular formula is C16H13Cl2N3O2S3. The van der Waals surface area contributed by atoms with E-state index in [2.05, 4.69) is 21.6 Å². The van der Waals surface area contributed by atoms with Crippen LogP contribution >= 0.6 is 57.6 Å². The van der Waals surface area contributed by atoms with Gasteiger partial charge in [0.2, 0.25) is 5.13 Å². The number of hydrogen-bond acceptors (Lipinski definition) is 7. The normalized spacial score (nSPS) is 12.0. The van der Waals surface area contributed by atoms with Crippen LogP contribution in [0.15, 0.2) is 40.1 Å². The zero-order chi connectivity index (χ0) is 18.5. The van der Waals surface area contributed by atoms with Gasteiger partial charge in [0.25, 0.3) is 5.91 Å². The Morgan fingerprint density at radius 1 is 1.35 bits per heavy atom. The van der Waals surface area contributed by atoms with E-state index < -0.39 is 6.10 Å². The summed E-state index contributed by atoms with van der Waals surface area (Å²) in [6.45, 7) is 1.63. The van der Waals surface area contributed by atoms with Crippen LogP contribution in [0.5, 0.6) is 5.75 Å². The van der Waals surface area contributed by atoms with Crippen LogP contribution in [0.3, 0.4) is 0 Å². The molecule has 0 aliphatic rings. The molecule has 1 amide bonds. The topological polar surface area (TPSA) is 64.1 Å². The molecule has 3 aromatic rings. The number of rotatable bonds is 7. The first-order valence-electron chi connectivity index (χ1n) is 7.42. The molecule has 1 unspecified atom stereocenters. The Kier molecular flexibility index (Phi) is 6.77. The Bertz CT molecular complexity index is 887. The summed E-state index contributed by atoms with van der Waals surface area (Å²) in [7, 11) is 0. The number of thioether (sulfide) groups is 1. The summed E-state index contributed by atoms with van der Waals surface area (Å²) < 4.78 is 6.38. The number of thiophene rings is 1. The van der Waals surface area contributed by atoms with E-state index in [-0.39, 0.29) is 5.91 Å². The third-order valence-electron chi connectivity index (χ3n) is 3.12. The van der Waals surface area contributed by atoms with E-state index in [1.807, 2.05) is 11.4 Å². The molecule has 136 valence electrons. The monoisotopic (exact) mass is 445 g/mol. The number of ether oxygens (including phenoxy) is 1. The van der Waals surface area contributed by atoms with Gasteiger partial charge in [0.1, 0.15) is 5.75 Å². The SMILES string of the molecule is CC(Oc1ccc(Cl)cc1Cl)C(=O)Nc1nnc(SCc2cccs2)s1. The number of aromatic nitrogens is 2. The molecule has 10 heteroatoms. The molecule has 0 spiro atoms. The number of halogens is 2. The van der Waals surface area contributed by atoms with E-state index in [4.69, 9.17) is 27.9 Å². The molecule has 1 N–H and O–H groups in total. The molecule has 0 aliphatic carbocycles. The molecule has 5 nitrogen and oxygen atoms in total. The number of carbonyl (C=O) groups excluding carboxylic acids is 1. The van der Waals surface area contributed by atoms with Crippen LogP contribution in [-0.4, -0.2) is 22.2 Å². The molecule has 26 heavy (non-hydrogen) atoms. The van der Waals surface area contributed by atoms with Crippen LogP contribution in [-0.2, 0) is 10.5 Å². The lowest BCUT2D eigenvalue weighted by molar-refractivity contribution is -0.122. The third kappa shape index (κ3) is 5.34. The minimum absolute atomic E-state index is 0.332. The van der Waals surface area contributed by atoms with Crippen molar-refractivity contribution in [1.29, 1.82) is 0 Å². The van der Waals surface area contributed by atoms with Crippen LogP contribution in [0.2, 0.25) is 10.0 Å². The highest BCUT2D eigenvalue weighted by Gasteiger charge is 2.18. The fourth-order valence-electron chi connectivity index (χ4n) is 1.87. The van der Waals surface area contributed by atoms with Crippen molar-refractivity contribution in [3.8, 4) is 5.75 Å². The lowest BCUT2D eigenvalue weighted by Crippen LogP contribution is -2.30. The van der Waals surface area contributed by atoms with E-state index in [0.29, 0.717) is 20.9 Å². The highest BCUT2D eigenvalue weighted by molar-refractivity contribution is 8.00. The van der Waals surface area contributed by atoms with Gasteiger partial charge >= 0.3 is 0 Å². The first-order valence-corrected chi connectivity index (χ1v) is 10.9. The molecule has 0 saturated carbocycles. The molecule has 0 radical (unpaired) electrons. The predicted octanol–water partition coefficient (Wildman–Crippen LogP) is 5.60. The highest BCUT2D eigenvalue weighted by atomic mass is 35.5. The fraction of sp³-hybridized carbons (Fsp3) is 0.188. The van der Waals surface area contributed by atoms with Gasteiger partial charge in [-0.3, -0.25) is 10.1 Å². The number of anilines is 1. The van der Waals surface area contributed by atoms with Crippen LogP contribution in [0, 0.1) is 0 Å². The maximum atomic E-state index is 12.3. The molecule has 0 saturated heterocycles. The van der Waals surface area contributed by atoms with Gasteiger partial charge in [-0.25, -0.2) is 0 Å². The maximum absolute atomic E-state index is 12.3. The molecule has 0 aliphatic heterocycles. The summed E-state index contributed by atoms with van der Waals surface area (Å²) in [5, 5.41) is 14.1. The van der Waals surface area contributed by atoms with Crippen molar-refractivity contribution < 1.29 is 9.53 Å². The molecular weight excluding hydrogens is 433 g/mol. The van der Waals surface area contributed by atoms with Crippen LogP contribution in [0.1, 0.15) is 11.8 Å². The van der Waals surface area contributed by atoms with E-state index in [9.17, 15) is 4.79 Å². The molecule has 3 rings (SSSR count). The number of nitrogens with zero attached hydrogens (tertiary/aromatic N) is 2. The van der Waals surface area contributed by atoms with Crippen molar-refractivity contribution in [1.82, 2.24) is 10.2 Å². The van der Waals surface area contributed by atoms with Crippen LogP contribution in [0.25, 0.3) is 0 Å². The summed E-state index contributed by atoms with van der Waals surface area (Å²) >= 11 is 16.5. The third-order valence-corrected chi connectivity index (χ3v) is 6.73. The van der Waals surface area contributed by atoms with Crippen LogP contribution in [0.4, 0.5) is 5.13 Å². The van der Waals surface area contributed by atoms with E-state index in [0.717, 1.165) is 10.1 Å². The van der Waals surface area contributed by atoms with Gasteiger partial charge in [0, 0.05) is 15.7 Å². The second-order valence-electron chi connectivity index (χ2n) is 5.07. The Morgan fingerprint density at radius 3 is 2.92 bits per heavy atom. The van der Waals surface area contributed by atoms with Crippen molar-refractivity contribution in [2.75, 3.05) is 5.32 Å². The highest BCUT2D eigenvalue weighted by Crippen LogP contribution is 2.30. The zero-order valence-corrected chi connectivity index (χ0v) is 17.4. The van der Waals surface area contributed by atoms with E-state index in [1.54, 1.807) is 48.2 Å². The standard InChI is InChI=1S/C16H13Cl2N3O2S3/c1-9(23-13-5-4-10(17)7-12(13)18)14(22)19-15-20-21-16(26-15)25-8-11-3-2-6-24-11/h2-7,9H,8H2,1H3,(H,19,20,22). The number of amides is 1. The first-order chi connectivity index (χ1) is 12.5. The fourth-order valence-corrected chi connectivity index (χ4v) is 4.85. The van der Waals surface area contributed by atoms with Gasteiger partial charge in [0.15, 0.2) is 10.4 Å². The molecule has 2 aromatic heterocycles. The smallest absolute Gasteiger partial charge is 0.266 e. The number of carbonyl (C=O) groups is 1. The van der Waals surface area contributed by atoms with E-state index in [1.165, 1.54) is 16.2 Å². The summed E-state index contributed by atoms with van der Waals surface area (Å²) in [5.74, 6) is 0.889. The van der Waals surface area contributed by atoms with Gasteiger partial charge in [0.05, 0.1) is 5.02 Å². The Balaban J connectivity index is 1.53. The average Bonchev–Trinajstić information content (AvgIpc) is 3.27. The summed E-state index contributed by atoms with van der Waals surface area (Å²) in [4.78, 5) is 13.5. The second kappa shape index (κ2) is 9.05. The zero-order valence-electron chi connectivity index (χ0n) is 13.4. The maximum Gasteiger partial charge on any atom is 0.266 e. The Hall–Kier alpha value is -1.32. The second-order valence-corrected chi connectivity index (χ2v) is 9.14. The lowest BCUT2D eigenvalue weighted by Gasteiger charge is -2.14. The Labute approximate surface area is 172 Å². The van der Waals surface area contributed by atoms with Crippen molar-refractivity contribution in [3.63, 3.8) is 0 Å². The minimum Gasteiger partial charge on any atom is -0.479 e. The van der Waals surface area contributed by atoms with Gasteiger partial charge in [-0.15, -0.1) is 21.5 Å². The molecule has 0 bridgehead atoms. The van der Waals surface area contributed by atoms with Crippen molar-refractivity contribution >= 4 is 68.7 Å². The summed E-state index contributed by atoms with van der Waals surface area (Å²) in [6.07, 6.45) is -0.750. The van der Waals surface area contributed by atoms with Crippen LogP contribution < -0.4 is 10.1 Å². The van der Waals surface area contributed by atoms with Gasteiger partial charge in [-0.1, -0.05) is 52.4 Å². The van der Waals surface area contributed by atoms with Crippen molar-refractivity contribution in [3.05, 3.63) is 50.6 Å². The average molecular weight is 446 g/mol. The van der Waals surface area contributed by atoms with Gasteiger partial charge < -0.3 is 4.74 Å². The Morgan fingerprint density at radius 2 is 2.19 bits per heavy atom. The number of nitrogens with one attached hydrogen (secondary N) is 1. The van der Waals surface area contributed by atoms with E-state index >= 15 is 0 Å². The molecule has 0 fully saturated rings. The predicted molar refractivity (Wildman–Crippen MR) is 109 cm³/mol. The number of hydrogen-bond donors (Lipinski definition) is 1. The first kappa shape index (κ1) is 19.4. The number of benzene rings is 1. The van der Waals surface area contributed by atoms with Crippen molar-refractivity contribution in [2.45, 2.75) is 23.1 Å².